The van der Waals surface area contributed by atoms with Gasteiger partial charge in [0.05, 0.1) is 15.0 Å². The number of ether oxygens (including phenoxy) is 1. The van der Waals surface area contributed by atoms with Crippen LogP contribution in [0, 0.1) is 17.0 Å². The van der Waals surface area contributed by atoms with Gasteiger partial charge in [-0.05, 0) is 46.6 Å². The molecule has 2 aromatic rings. The summed E-state index contributed by atoms with van der Waals surface area (Å²) < 4.78 is 6.36. The summed E-state index contributed by atoms with van der Waals surface area (Å²) in [6.07, 6.45) is 0.532. The summed E-state index contributed by atoms with van der Waals surface area (Å²) in [7, 11) is 0. The maximum Gasteiger partial charge on any atom is 0.270 e. The normalized spacial score (nSPS) is 10.1. The fourth-order valence-electron chi connectivity index (χ4n) is 1.64. The number of non-ortho nitro benzene ring substituents is 1. The Hall–Kier alpha value is -2.21. The summed E-state index contributed by atoms with van der Waals surface area (Å²) in [5.74, 6) is 0.808. The van der Waals surface area contributed by atoms with E-state index in [2.05, 4.69) is 15.9 Å². The highest BCUT2D eigenvalue weighted by Crippen LogP contribution is 2.33. The van der Waals surface area contributed by atoms with Crippen molar-refractivity contribution in [1.82, 2.24) is 0 Å². The van der Waals surface area contributed by atoms with Gasteiger partial charge in [-0.15, -0.1) is 0 Å². The topological polar surface area (TPSA) is 69.4 Å². The molecule has 0 fully saturated rings. The van der Waals surface area contributed by atoms with Crippen molar-refractivity contribution in [3.63, 3.8) is 0 Å². The van der Waals surface area contributed by atoms with Crippen LogP contribution in [-0.2, 0) is 0 Å². The van der Waals surface area contributed by atoms with E-state index >= 15 is 0 Å². The number of hydrogen-bond donors (Lipinski definition) is 0. The second-order valence-corrected chi connectivity index (χ2v) is 4.99. The van der Waals surface area contributed by atoms with Crippen LogP contribution in [0.5, 0.6) is 11.5 Å². The third-order valence-corrected chi connectivity index (χ3v) is 3.26. The van der Waals surface area contributed by atoms with E-state index in [0.29, 0.717) is 12.0 Å². The molecule has 2 rings (SSSR count). The summed E-state index contributed by atoms with van der Waals surface area (Å²) in [5.41, 5.74) is 1.04. The quantitative estimate of drug-likeness (QED) is 0.475. The molecule has 0 heterocycles. The first-order chi connectivity index (χ1) is 9.51. The summed E-state index contributed by atoms with van der Waals surface area (Å²) in [4.78, 5) is 21.1. The molecule has 0 radical (unpaired) electrons. The Labute approximate surface area is 123 Å². The maximum atomic E-state index is 11.0. The van der Waals surface area contributed by atoms with E-state index in [1.165, 1.54) is 18.2 Å². The van der Waals surface area contributed by atoms with Gasteiger partial charge in [0.2, 0.25) is 0 Å². The van der Waals surface area contributed by atoms with Gasteiger partial charge in [0.1, 0.15) is 11.5 Å². The monoisotopic (exact) mass is 335 g/mol. The molecule has 0 unspecified atom stereocenters. The van der Waals surface area contributed by atoms with Crippen LogP contribution in [0.4, 0.5) is 5.69 Å². The first-order valence-electron chi connectivity index (χ1n) is 5.69. The number of nitro benzene ring substituents is 1. The lowest BCUT2D eigenvalue weighted by Gasteiger charge is -2.10. The minimum Gasteiger partial charge on any atom is -0.455 e. The first-order valence-corrected chi connectivity index (χ1v) is 6.48. The number of aryl methyl sites for hydroxylation is 1. The zero-order chi connectivity index (χ0) is 14.7. The molecule has 5 nitrogen and oxygen atoms in total. The Balaban J connectivity index is 2.38. The highest BCUT2D eigenvalue weighted by molar-refractivity contribution is 9.10. The van der Waals surface area contributed by atoms with Crippen molar-refractivity contribution < 1.29 is 14.5 Å². The van der Waals surface area contributed by atoms with Crippen LogP contribution in [0.1, 0.15) is 15.9 Å². The van der Waals surface area contributed by atoms with Gasteiger partial charge in [0.25, 0.3) is 5.69 Å². The molecule has 0 N–H and O–H groups in total. The molecule has 0 spiro atoms. The molecular weight excluding hydrogens is 326 g/mol. The third kappa shape index (κ3) is 3.03. The molecule has 6 heteroatoms. The van der Waals surface area contributed by atoms with Crippen molar-refractivity contribution in [3.8, 4) is 11.5 Å². The van der Waals surface area contributed by atoms with Crippen molar-refractivity contribution in [3.05, 3.63) is 62.1 Å². The van der Waals surface area contributed by atoms with E-state index in [0.717, 1.165) is 10.0 Å². The van der Waals surface area contributed by atoms with Crippen molar-refractivity contribution in [2.24, 2.45) is 0 Å². The Bertz CT molecular complexity index is 685. The maximum absolute atomic E-state index is 11.0. The lowest BCUT2D eigenvalue weighted by molar-refractivity contribution is -0.384. The second-order valence-electron chi connectivity index (χ2n) is 4.13. The number of nitro groups is 1. The van der Waals surface area contributed by atoms with Crippen molar-refractivity contribution in [2.45, 2.75) is 6.92 Å². The van der Waals surface area contributed by atoms with Gasteiger partial charge in [0.15, 0.2) is 6.29 Å². The van der Waals surface area contributed by atoms with E-state index in [-0.39, 0.29) is 17.0 Å². The minimum absolute atomic E-state index is 0.131. The second kappa shape index (κ2) is 5.83. The van der Waals surface area contributed by atoms with E-state index in [1.807, 2.05) is 19.1 Å². The molecule has 0 atom stereocenters. The van der Waals surface area contributed by atoms with Gasteiger partial charge < -0.3 is 4.74 Å². The number of halogens is 1. The molecular formula is C14H10BrNO4. The number of nitrogens with zero attached hydrogens (tertiary/aromatic N) is 1. The van der Waals surface area contributed by atoms with Gasteiger partial charge in [-0.25, -0.2) is 0 Å². The molecule has 102 valence electrons. The van der Waals surface area contributed by atoms with Crippen LogP contribution in [0.2, 0.25) is 0 Å². The summed E-state index contributed by atoms with van der Waals surface area (Å²) >= 11 is 3.37. The minimum atomic E-state index is -0.557. The number of aldehydes is 1. The van der Waals surface area contributed by atoms with Crippen molar-refractivity contribution >= 4 is 27.9 Å². The number of rotatable bonds is 4. The molecule has 0 aliphatic carbocycles. The number of carbonyl (C=O) groups is 1. The van der Waals surface area contributed by atoms with Crippen LogP contribution < -0.4 is 4.74 Å². The number of carbonyl (C=O) groups excluding carboxylic acids is 1. The largest absolute Gasteiger partial charge is 0.455 e. The van der Waals surface area contributed by atoms with Crippen LogP contribution in [0.25, 0.3) is 0 Å². The van der Waals surface area contributed by atoms with E-state index in [9.17, 15) is 14.9 Å². The van der Waals surface area contributed by atoms with Gasteiger partial charge in [-0.2, -0.15) is 0 Å². The Morgan fingerprint density at radius 3 is 2.50 bits per heavy atom. The van der Waals surface area contributed by atoms with Crippen molar-refractivity contribution in [1.29, 1.82) is 0 Å². The highest BCUT2D eigenvalue weighted by atomic mass is 79.9. The SMILES string of the molecule is Cc1ccc(Oc2ccc([N+](=O)[O-])cc2C=O)c(Br)c1. The van der Waals surface area contributed by atoms with E-state index in [4.69, 9.17) is 4.74 Å². The Morgan fingerprint density at radius 2 is 1.90 bits per heavy atom. The predicted octanol–water partition coefficient (Wildman–Crippen LogP) is 4.27. The summed E-state index contributed by atoms with van der Waals surface area (Å²) in [6.45, 7) is 1.94. The fraction of sp³-hybridized carbons (Fsp3) is 0.0714. The zero-order valence-corrected chi connectivity index (χ0v) is 12.1. The standard InChI is InChI=1S/C14H10BrNO4/c1-9-2-4-14(12(15)6-9)20-13-5-3-11(16(18)19)7-10(13)8-17/h2-8H,1H3. The Kier molecular flexibility index (Phi) is 4.14. The van der Waals surface area contributed by atoms with Crippen LogP contribution in [0.3, 0.4) is 0 Å². The molecule has 0 saturated carbocycles. The molecule has 0 amide bonds. The molecule has 20 heavy (non-hydrogen) atoms. The van der Waals surface area contributed by atoms with E-state index in [1.54, 1.807) is 6.07 Å². The highest BCUT2D eigenvalue weighted by Gasteiger charge is 2.13. The summed E-state index contributed by atoms with van der Waals surface area (Å²) in [5, 5.41) is 10.7. The first kappa shape index (κ1) is 14.2. The summed E-state index contributed by atoms with van der Waals surface area (Å²) in [6, 6.07) is 9.39. The Morgan fingerprint density at radius 1 is 1.20 bits per heavy atom. The van der Waals surface area contributed by atoms with Crippen molar-refractivity contribution in [2.75, 3.05) is 0 Å². The molecule has 0 aliphatic rings. The van der Waals surface area contributed by atoms with Crippen LogP contribution in [-0.4, -0.2) is 11.2 Å². The molecule has 0 aliphatic heterocycles. The smallest absolute Gasteiger partial charge is 0.270 e. The third-order valence-electron chi connectivity index (χ3n) is 2.64. The lowest BCUT2D eigenvalue weighted by atomic mass is 10.2. The molecule has 0 aromatic heterocycles. The molecule has 0 saturated heterocycles. The van der Waals surface area contributed by atoms with Gasteiger partial charge in [-0.1, -0.05) is 6.07 Å². The number of hydrogen-bond acceptors (Lipinski definition) is 4. The predicted molar refractivity (Wildman–Crippen MR) is 77.4 cm³/mol. The average molecular weight is 336 g/mol. The zero-order valence-electron chi connectivity index (χ0n) is 10.5. The van der Waals surface area contributed by atoms with Gasteiger partial charge in [0, 0.05) is 12.1 Å². The van der Waals surface area contributed by atoms with Gasteiger partial charge >= 0.3 is 0 Å². The lowest BCUT2D eigenvalue weighted by Crippen LogP contribution is -1.94. The van der Waals surface area contributed by atoms with Crippen LogP contribution in [0.15, 0.2) is 40.9 Å². The van der Waals surface area contributed by atoms with Crippen LogP contribution >= 0.6 is 15.9 Å². The molecule has 0 bridgehead atoms. The number of benzene rings is 2. The molecule has 2 aromatic carbocycles. The van der Waals surface area contributed by atoms with Gasteiger partial charge in [-0.3, -0.25) is 14.9 Å². The fourth-order valence-corrected chi connectivity index (χ4v) is 2.22. The average Bonchev–Trinajstić information content (AvgIpc) is 2.42. The van der Waals surface area contributed by atoms with E-state index < -0.39 is 4.92 Å².